The van der Waals surface area contributed by atoms with Crippen molar-refractivity contribution in [3.63, 3.8) is 0 Å². The van der Waals surface area contributed by atoms with Crippen LogP contribution in [0.15, 0.2) is 71.5 Å². The van der Waals surface area contributed by atoms with Gasteiger partial charge in [-0.3, -0.25) is 9.78 Å². The molecule has 0 saturated carbocycles. The van der Waals surface area contributed by atoms with Gasteiger partial charge in [-0.05, 0) is 28.5 Å². The molecule has 3 nitrogen and oxygen atoms in total. The van der Waals surface area contributed by atoms with Gasteiger partial charge in [-0.2, -0.15) is 0 Å². The van der Waals surface area contributed by atoms with E-state index < -0.39 is 0 Å². The first-order valence-corrected chi connectivity index (χ1v) is 8.23. The van der Waals surface area contributed by atoms with Crippen LogP contribution < -0.4 is 4.74 Å². The third-order valence-electron chi connectivity index (χ3n) is 4.08. The molecule has 0 aliphatic heterocycles. The van der Waals surface area contributed by atoms with Crippen molar-refractivity contribution in [3.8, 4) is 16.9 Å². The molecular formula is C20H12BrNO2. The van der Waals surface area contributed by atoms with Gasteiger partial charge in [-0.15, -0.1) is 0 Å². The van der Waals surface area contributed by atoms with Crippen molar-refractivity contribution in [2.75, 3.05) is 0 Å². The molecule has 3 aromatic carbocycles. The number of hydrogen-bond donors (Lipinski definition) is 0. The summed E-state index contributed by atoms with van der Waals surface area (Å²) in [6.07, 6.45) is 3.59. The van der Waals surface area contributed by atoms with Gasteiger partial charge in [0.2, 0.25) is 0 Å². The van der Waals surface area contributed by atoms with Crippen molar-refractivity contribution in [2.24, 2.45) is 0 Å². The van der Waals surface area contributed by atoms with Crippen molar-refractivity contribution in [1.82, 2.24) is 4.98 Å². The predicted octanol–water partition coefficient (Wildman–Crippen LogP) is 5.35. The maximum absolute atomic E-state index is 10.9. The van der Waals surface area contributed by atoms with Crippen molar-refractivity contribution in [3.05, 3.63) is 71.5 Å². The second kappa shape index (κ2) is 6.06. The maximum atomic E-state index is 10.9. The van der Waals surface area contributed by atoms with Crippen LogP contribution in [0.1, 0.15) is 0 Å². The molecule has 0 spiro atoms. The molecule has 116 valence electrons. The Balaban J connectivity index is 2.11. The van der Waals surface area contributed by atoms with E-state index in [9.17, 15) is 4.79 Å². The van der Waals surface area contributed by atoms with E-state index in [4.69, 9.17) is 4.74 Å². The van der Waals surface area contributed by atoms with Crippen LogP contribution in [0.2, 0.25) is 0 Å². The summed E-state index contributed by atoms with van der Waals surface area (Å²) in [5, 5.41) is 4.05. The van der Waals surface area contributed by atoms with Crippen LogP contribution in [0.3, 0.4) is 0 Å². The lowest BCUT2D eigenvalue weighted by molar-refractivity contribution is -0.120. The topological polar surface area (TPSA) is 39.2 Å². The highest BCUT2D eigenvalue weighted by molar-refractivity contribution is 9.10. The molecule has 24 heavy (non-hydrogen) atoms. The lowest BCUT2D eigenvalue weighted by Crippen LogP contribution is -1.93. The number of hydrogen-bond acceptors (Lipinski definition) is 3. The zero-order valence-corrected chi connectivity index (χ0v) is 14.2. The summed E-state index contributed by atoms with van der Waals surface area (Å²) in [5.41, 5.74) is 1.99. The van der Waals surface area contributed by atoms with E-state index in [1.165, 1.54) is 0 Å². The molecule has 0 bridgehead atoms. The monoisotopic (exact) mass is 377 g/mol. The SMILES string of the molecule is O=COc1cccc2cncc(-c3ccc(Br)c4ccccc34)c12. The van der Waals surface area contributed by atoms with Crippen molar-refractivity contribution >= 4 is 43.9 Å². The van der Waals surface area contributed by atoms with E-state index in [1.807, 2.05) is 36.5 Å². The van der Waals surface area contributed by atoms with Gasteiger partial charge in [0.1, 0.15) is 5.75 Å². The fourth-order valence-electron chi connectivity index (χ4n) is 3.05. The summed E-state index contributed by atoms with van der Waals surface area (Å²) < 4.78 is 6.24. The minimum absolute atomic E-state index is 0.457. The van der Waals surface area contributed by atoms with Gasteiger partial charge >= 0.3 is 0 Å². The minimum Gasteiger partial charge on any atom is -0.428 e. The van der Waals surface area contributed by atoms with E-state index in [1.54, 1.807) is 12.3 Å². The molecular weight excluding hydrogens is 366 g/mol. The molecule has 1 aromatic heterocycles. The number of carbonyl (C=O) groups excluding carboxylic acids is 1. The number of aromatic nitrogens is 1. The number of benzene rings is 3. The molecule has 0 fully saturated rings. The smallest absolute Gasteiger partial charge is 0.298 e. The molecule has 4 rings (SSSR count). The standard InChI is InChI=1S/C20H12BrNO2/c21-18-9-8-15(14-5-1-2-6-16(14)18)17-11-22-10-13-4-3-7-19(20(13)17)24-12-23/h1-12H. The highest BCUT2D eigenvalue weighted by Crippen LogP contribution is 2.39. The molecule has 0 radical (unpaired) electrons. The number of halogens is 1. The van der Waals surface area contributed by atoms with E-state index in [-0.39, 0.29) is 0 Å². The van der Waals surface area contributed by atoms with Crippen molar-refractivity contribution in [1.29, 1.82) is 0 Å². The van der Waals surface area contributed by atoms with Crippen molar-refractivity contribution < 1.29 is 9.53 Å². The summed E-state index contributed by atoms with van der Waals surface area (Å²) in [6, 6.07) is 17.9. The number of ether oxygens (including phenoxy) is 1. The van der Waals surface area contributed by atoms with Crippen molar-refractivity contribution in [2.45, 2.75) is 0 Å². The third-order valence-corrected chi connectivity index (χ3v) is 4.77. The van der Waals surface area contributed by atoms with Gasteiger partial charge in [0.15, 0.2) is 0 Å². The van der Waals surface area contributed by atoms with E-state index in [0.29, 0.717) is 12.2 Å². The lowest BCUT2D eigenvalue weighted by Gasteiger charge is -2.13. The van der Waals surface area contributed by atoms with Crippen LogP contribution in [0.25, 0.3) is 32.7 Å². The average Bonchev–Trinajstić information content (AvgIpc) is 2.62. The maximum Gasteiger partial charge on any atom is 0.298 e. The molecule has 4 heteroatoms. The quantitative estimate of drug-likeness (QED) is 0.451. The Hall–Kier alpha value is -2.72. The summed E-state index contributed by atoms with van der Waals surface area (Å²) in [5.74, 6) is 0.534. The first-order chi connectivity index (χ1) is 11.8. The molecule has 0 amide bonds. The van der Waals surface area contributed by atoms with Crippen LogP contribution in [0.5, 0.6) is 5.75 Å². The van der Waals surface area contributed by atoms with E-state index in [2.05, 4.69) is 39.1 Å². The van der Waals surface area contributed by atoms with Gasteiger partial charge in [0.05, 0.1) is 0 Å². The molecule has 0 aliphatic rings. The van der Waals surface area contributed by atoms with Crippen LogP contribution in [-0.4, -0.2) is 11.5 Å². The lowest BCUT2D eigenvalue weighted by atomic mass is 9.95. The number of pyridine rings is 1. The molecule has 0 unspecified atom stereocenters. The highest BCUT2D eigenvalue weighted by Gasteiger charge is 2.13. The molecule has 4 aromatic rings. The minimum atomic E-state index is 0.457. The van der Waals surface area contributed by atoms with Gasteiger partial charge in [0.25, 0.3) is 6.47 Å². The van der Waals surface area contributed by atoms with Crippen LogP contribution in [0, 0.1) is 0 Å². The second-order valence-corrected chi connectivity index (χ2v) is 6.25. The Bertz CT molecular complexity index is 1070. The number of carbonyl (C=O) groups is 1. The summed E-state index contributed by atoms with van der Waals surface area (Å²) in [4.78, 5) is 15.2. The predicted molar refractivity (Wildman–Crippen MR) is 99.1 cm³/mol. The molecule has 0 aliphatic carbocycles. The van der Waals surface area contributed by atoms with E-state index >= 15 is 0 Å². The van der Waals surface area contributed by atoms with E-state index in [0.717, 1.165) is 37.1 Å². The van der Waals surface area contributed by atoms with Gasteiger partial charge in [-0.1, -0.05) is 58.4 Å². The van der Waals surface area contributed by atoms with Crippen LogP contribution in [0.4, 0.5) is 0 Å². The summed E-state index contributed by atoms with van der Waals surface area (Å²) >= 11 is 3.61. The van der Waals surface area contributed by atoms with Gasteiger partial charge in [0, 0.05) is 33.2 Å². The number of rotatable bonds is 3. The zero-order valence-electron chi connectivity index (χ0n) is 12.6. The summed E-state index contributed by atoms with van der Waals surface area (Å²) in [6.45, 7) is 0.457. The second-order valence-electron chi connectivity index (χ2n) is 5.40. The fourth-order valence-corrected chi connectivity index (χ4v) is 3.53. The first kappa shape index (κ1) is 14.8. The largest absolute Gasteiger partial charge is 0.428 e. The Morgan fingerprint density at radius 1 is 0.875 bits per heavy atom. The van der Waals surface area contributed by atoms with Gasteiger partial charge < -0.3 is 4.74 Å². The first-order valence-electron chi connectivity index (χ1n) is 7.44. The third kappa shape index (κ3) is 2.36. The number of nitrogens with zero attached hydrogens (tertiary/aromatic N) is 1. The number of fused-ring (bicyclic) bond motifs is 2. The summed E-state index contributed by atoms with van der Waals surface area (Å²) in [7, 11) is 0. The molecule has 1 heterocycles. The van der Waals surface area contributed by atoms with Crippen LogP contribution in [-0.2, 0) is 4.79 Å². The Kier molecular flexibility index (Phi) is 3.75. The molecule has 0 atom stereocenters. The molecule has 0 saturated heterocycles. The Morgan fingerprint density at radius 2 is 1.71 bits per heavy atom. The fraction of sp³-hybridized carbons (Fsp3) is 0. The zero-order chi connectivity index (χ0) is 16.5. The molecule has 0 N–H and O–H groups in total. The Morgan fingerprint density at radius 3 is 2.54 bits per heavy atom. The Labute approximate surface area is 147 Å². The normalized spacial score (nSPS) is 10.9. The highest BCUT2D eigenvalue weighted by atomic mass is 79.9. The van der Waals surface area contributed by atoms with Crippen LogP contribution >= 0.6 is 15.9 Å². The van der Waals surface area contributed by atoms with Gasteiger partial charge in [-0.25, -0.2) is 0 Å². The average molecular weight is 378 g/mol.